The number of anilines is 1. The molecule has 0 aliphatic carbocycles. The van der Waals surface area contributed by atoms with Crippen molar-refractivity contribution in [3.8, 4) is 0 Å². The lowest BCUT2D eigenvalue weighted by atomic mass is 9.98. The van der Waals surface area contributed by atoms with Crippen molar-refractivity contribution in [2.24, 2.45) is 5.92 Å². The number of halogens is 1. The molecule has 2 N–H and O–H groups in total. The van der Waals surface area contributed by atoms with Crippen molar-refractivity contribution in [2.75, 3.05) is 31.6 Å². The second kappa shape index (κ2) is 8.45. The van der Waals surface area contributed by atoms with E-state index in [9.17, 15) is 9.59 Å². The molecule has 1 unspecified atom stereocenters. The Balaban J connectivity index is 1.86. The van der Waals surface area contributed by atoms with E-state index in [1.807, 2.05) is 32.0 Å². The minimum Gasteiger partial charge on any atom is -0.466 e. The highest BCUT2D eigenvalue weighted by Crippen LogP contribution is 2.20. The summed E-state index contributed by atoms with van der Waals surface area (Å²) in [5, 5.41) is 2.92. The quantitative estimate of drug-likeness (QED) is 0.758. The smallest absolute Gasteiger partial charge is 0.314 e. The first-order valence-electron chi connectivity index (χ1n) is 8.05. The standard InChI is InChI=1S/C17H23BrN2O3/c1-3-23-17(22)13-5-4-8-20(10-13)11-16(21)19-14-7-6-12(2)15(18)9-14/h6-7,9,13H,3-5,8,10-11H2,1-2H3,(H,19,21)/p+1/t13-/m0/s1. The maximum absolute atomic E-state index is 12.2. The topological polar surface area (TPSA) is 59.8 Å². The van der Waals surface area contributed by atoms with Crippen molar-refractivity contribution in [1.82, 2.24) is 0 Å². The molecule has 23 heavy (non-hydrogen) atoms. The molecule has 0 aromatic heterocycles. The van der Waals surface area contributed by atoms with Crippen LogP contribution in [-0.2, 0) is 14.3 Å². The van der Waals surface area contributed by atoms with Gasteiger partial charge in [-0.15, -0.1) is 0 Å². The van der Waals surface area contributed by atoms with Crippen LogP contribution in [0.3, 0.4) is 0 Å². The Morgan fingerprint density at radius 3 is 2.91 bits per heavy atom. The van der Waals surface area contributed by atoms with E-state index in [0.29, 0.717) is 19.7 Å². The molecule has 2 atom stereocenters. The highest BCUT2D eigenvalue weighted by molar-refractivity contribution is 9.10. The number of rotatable bonds is 5. The zero-order valence-electron chi connectivity index (χ0n) is 13.7. The van der Waals surface area contributed by atoms with Gasteiger partial charge in [0, 0.05) is 10.2 Å². The fraction of sp³-hybridized carbons (Fsp3) is 0.529. The van der Waals surface area contributed by atoms with Crippen LogP contribution in [0.5, 0.6) is 0 Å². The lowest BCUT2D eigenvalue weighted by Crippen LogP contribution is -3.14. The lowest BCUT2D eigenvalue weighted by Gasteiger charge is -2.28. The van der Waals surface area contributed by atoms with Gasteiger partial charge < -0.3 is 15.0 Å². The average molecular weight is 384 g/mol. The zero-order valence-corrected chi connectivity index (χ0v) is 15.2. The Labute approximate surface area is 145 Å². The summed E-state index contributed by atoms with van der Waals surface area (Å²) in [5.74, 6) is -0.243. The molecule has 0 radical (unpaired) electrons. The number of aryl methyl sites for hydroxylation is 1. The highest BCUT2D eigenvalue weighted by Gasteiger charge is 2.30. The number of quaternary nitrogens is 1. The van der Waals surface area contributed by atoms with Crippen LogP contribution in [0, 0.1) is 12.8 Å². The summed E-state index contributed by atoms with van der Waals surface area (Å²) in [7, 11) is 0. The second-order valence-electron chi connectivity index (χ2n) is 5.98. The van der Waals surface area contributed by atoms with Gasteiger partial charge in [0.05, 0.1) is 19.7 Å². The SMILES string of the molecule is CCOC(=O)[C@H]1CCC[NH+](CC(=O)Nc2ccc(C)c(Br)c2)C1. The summed E-state index contributed by atoms with van der Waals surface area (Å²) in [6.45, 7) is 6.20. The summed E-state index contributed by atoms with van der Waals surface area (Å²) >= 11 is 3.47. The number of carbonyl (C=O) groups excluding carboxylic acids is 2. The van der Waals surface area contributed by atoms with Crippen LogP contribution >= 0.6 is 15.9 Å². The minimum atomic E-state index is -0.132. The van der Waals surface area contributed by atoms with Crippen molar-refractivity contribution in [3.05, 3.63) is 28.2 Å². The van der Waals surface area contributed by atoms with E-state index in [0.717, 1.165) is 40.0 Å². The highest BCUT2D eigenvalue weighted by atomic mass is 79.9. The summed E-state index contributed by atoms with van der Waals surface area (Å²) in [6.07, 6.45) is 1.80. The third kappa shape index (κ3) is 5.32. The molecule has 0 spiro atoms. The predicted octanol–water partition coefficient (Wildman–Crippen LogP) is 1.55. The first-order valence-corrected chi connectivity index (χ1v) is 8.85. The summed E-state index contributed by atoms with van der Waals surface area (Å²) < 4.78 is 6.07. The van der Waals surface area contributed by atoms with Gasteiger partial charge in [-0.05, 0) is 44.4 Å². The molecule has 1 heterocycles. The molecule has 1 amide bonds. The molecule has 1 saturated heterocycles. The molecule has 1 aromatic carbocycles. The van der Waals surface area contributed by atoms with Crippen molar-refractivity contribution in [2.45, 2.75) is 26.7 Å². The monoisotopic (exact) mass is 383 g/mol. The van der Waals surface area contributed by atoms with E-state index in [2.05, 4.69) is 21.2 Å². The van der Waals surface area contributed by atoms with Crippen LogP contribution < -0.4 is 10.2 Å². The number of nitrogens with one attached hydrogen (secondary N) is 2. The maximum Gasteiger partial charge on any atom is 0.314 e. The number of benzene rings is 1. The second-order valence-corrected chi connectivity index (χ2v) is 6.84. The third-order valence-electron chi connectivity index (χ3n) is 4.10. The van der Waals surface area contributed by atoms with Crippen molar-refractivity contribution < 1.29 is 19.2 Å². The number of hydrogen-bond acceptors (Lipinski definition) is 3. The van der Waals surface area contributed by atoms with Crippen LogP contribution in [0.1, 0.15) is 25.3 Å². The van der Waals surface area contributed by atoms with Gasteiger partial charge >= 0.3 is 5.97 Å². The van der Waals surface area contributed by atoms with E-state index in [4.69, 9.17) is 4.74 Å². The van der Waals surface area contributed by atoms with Crippen LogP contribution in [0.15, 0.2) is 22.7 Å². The normalized spacial score (nSPS) is 20.8. The summed E-state index contributed by atoms with van der Waals surface area (Å²) in [4.78, 5) is 25.2. The molecular formula is C17H24BrN2O3+. The molecule has 1 aliphatic heterocycles. The Hall–Kier alpha value is -1.40. The third-order valence-corrected chi connectivity index (χ3v) is 4.96. The van der Waals surface area contributed by atoms with Crippen molar-refractivity contribution in [3.63, 3.8) is 0 Å². The van der Waals surface area contributed by atoms with Crippen molar-refractivity contribution in [1.29, 1.82) is 0 Å². The van der Waals surface area contributed by atoms with Gasteiger partial charge in [0.1, 0.15) is 5.92 Å². The molecule has 1 aromatic rings. The summed E-state index contributed by atoms with van der Waals surface area (Å²) in [6, 6.07) is 5.76. The van der Waals surface area contributed by atoms with Crippen molar-refractivity contribution >= 4 is 33.5 Å². The molecule has 1 fully saturated rings. The fourth-order valence-electron chi connectivity index (χ4n) is 2.88. The number of esters is 1. The Morgan fingerprint density at radius 1 is 1.43 bits per heavy atom. The van der Waals surface area contributed by atoms with Crippen LogP contribution in [0.25, 0.3) is 0 Å². The molecule has 1 aliphatic rings. The number of amides is 1. The minimum absolute atomic E-state index is 0.0275. The Bertz CT molecular complexity index is 577. The fourth-order valence-corrected chi connectivity index (χ4v) is 3.25. The van der Waals surface area contributed by atoms with E-state index in [1.165, 1.54) is 0 Å². The van der Waals surface area contributed by atoms with Gasteiger partial charge in [-0.25, -0.2) is 0 Å². The average Bonchev–Trinajstić information content (AvgIpc) is 2.51. The van der Waals surface area contributed by atoms with Gasteiger partial charge in [-0.3, -0.25) is 9.59 Å². The number of ether oxygens (including phenoxy) is 1. The number of carbonyl (C=O) groups is 2. The first-order chi connectivity index (χ1) is 11.0. The van der Waals surface area contributed by atoms with Gasteiger partial charge in [-0.1, -0.05) is 22.0 Å². The molecule has 0 saturated carbocycles. The largest absolute Gasteiger partial charge is 0.466 e. The van der Waals surface area contributed by atoms with E-state index >= 15 is 0 Å². The Kier molecular flexibility index (Phi) is 6.59. The molecule has 2 rings (SSSR count). The first kappa shape index (κ1) is 17.9. The molecule has 6 heteroatoms. The van der Waals surface area contributed by atoms with Gasteiger partial charge in [-0.2, -0.15) is 0 Å². The lowest BCUT2D eigenvalue weighted by molar-refractivity contribution is -0.899. The zero-order chi connectivity index (χ0) is 16.8. The molecule has 5 nitrogen and oxygen atoms in total. The van der Waals surface area contributed by atoms with Crippen LogP contribution in [0.2, 0.25) is 0 Å². The van der Waals surface area contributed by atoms with Gasteiger partial charge in [0.2, 0.25) is 0 Å². The number of likely N-dealkylation sites (tertiary alicyclic amines) is 1. The Morgan fingerprint density at radius 2 is 2.22 bits per heavy atom. The van der Waals surface area contributed by atoms with E-state index in [1.54, 1.807) is 0 Å². The molecule has 126 valence electrons. The predicted molar refractivity (Wildman–Crippen MR) is 92.4 cm³/mol. The van der Waals surface area contributed by atoms with Gasteiger partial charge in [0.25, 0.3) is 5.91 Å². The summed E-state index contributed by atoms with van der Waals surface area (Å²) in [5.41, 5.74) is 1.91. The van der Waals surface area contributed by atoms with E-state index in [-0.39, 0.29) is 17.8 Å². The maximum atomic E-state index is 12.2. The van der Waals surface area contributed by atoms with Crippen LogP contribution in [0.4, 0.5) is 5.69 Å². The van der Waals surface area contributed by atoms with E-state index < -0.39 is 0 Å². The number of hydrogen-bond donors (Lipinski definition) is 2. The number of piperidine rings is 1. The van der Waals surface area contributed by atoms with Crippen LogP contribution in [-0.4, -0.2) is 38.1 Å². The van der Waals surface area contributed by atoms with Gasteiger partial charge in [0.15, 0.2) is 6.54 Å². The molecule has 0 bridgehead atoms. The molecular weight excluding hydrogens is 360 g/mol.